The standard InChI is InChI=1S/C16H22F3/c1-4-6-13(10-9-12(2)3)14-7-5-8-15(11-14)16(17,18)19/h5-8,11-13H,4,9-10H2,1-3H3. The summed E-state index contributed by atoms with van der Waals surface area (Å²) in [5.41, 5.74) is 0.223. The lowest BCUT2D eigenvalue weighted by molar-refractivity contribution is -0.137. The van der Waals surface area contributed by atoms with Gasteiger partial charge in [-0.1, -0.05) is 51.8 Å². The summed E-state index contributed by atoms with van der Waals surface area (Å²) >= 11 is 0. The summed E-state index contributed by atoms with van der Waals surface area (Å²) in [4.78, 5) is 0. The second-order valence-corrected chi connectivity index (χ2v) is 5.34. The van der Waals surface area contributed by atoms with Crippen LogP contribution in [0.1, 0.15) is 57.1 Å². The Morgan fingerprint density at radius 2 is 1.84 bits per heavy atom. The van der Waals surface area contributed by atoms with E-state index in [9.17, 15) is 13.2 Å². The van der Waals surface area contributed by atoms with Gasteiger partial charge < -0.3 is 0 Å². The highest BCUT2D eigenvalue weighted by atomic mass is 19.4. The first-order valence-electron chi connectivity index (χ1n) is 6.85. The van der Waals surface area contributed by atoms with E-state index in [1.165, 1.54) is 12.1 Å². The van der Waals surface area contributed by atoms with Gasteiger partial charge in [-0.15, -0.1) is 0 Å². The Morgan fingerprint density at radius 1 is 1.16 bits per heavy atom. The van der Waals surface area contributed by atoms with Gasteiger partial charge in [0.1, 0.15) is 0 Å². The van der Waals surface area contributed by atoms with Crippen molar-refractivity contribution in [3.8, 4) is 0 Å². The summed E-state index contributed by atoms with van der Waals surface area (Å²) in [6, 6.07) is 5.72. The number of alkyl halides is 3. The van der Waals surface area contributed by atoms with Crippen LogP contribution < -0.4 is 0 Å². The SMILES string of the molecule is CC[CH]C(CCC(C)C)c1cccc(C(F)(F)F)c1. The molecule has 0 nitrogen and oxygen atoms in total. The Kier molecular flexibility index (Phi) is 5.89. The van der Waals surface area contributed by atoms with Crippen LogP contribution >= 0.6 is 0 Å². The van der Waals surface area contributed by atoms with Crippen molar-refractivity contribution in [3.63, 3.8) is 0 Å². The third kappa shape index (κ3) is 5.25. The Balaban J connectivity index is 2.89. The average Bonchev–Trinajstić information content (AvgIpc) is 2.33. The number of halogens is 3. The minimum absolute atomic E-state index is 0.120. The molecule has 1 atom stereocenters. The molecule has 0 aliphatic carbocycles. The summed E-state index contributed by atoms with van der Waals surface area (Å²) in [6.45, 7) is 6.29. The maximum Gasteiger partial charge on any atom is 0.416 e. The van der Waals surface area contributed by atoms with Crippen LogP contribution in [0, 0.1) is 12.3 Å². The van der Waals surface area contributed by atoms with Gasteiger partial charge in [0.2, 0.25) is 0 Å². The molecular formula is C16H22F3. The van der Waals surface area contributed by atoms with E-state index in [1.54, 1.807) is 6.07 Å². The monoisotopic (exact) mass is 271 g/mol. The van der Waals surface area contributed by atoms with Gasteiger partial charge in [-0.3, -0.25) is 0 Å². The maximum absolute atomic E-state index is 12.7. The molecule has 3 heteroatoms. The Morgan fingerprint density at radius 3 is 2.37 bits per heavy atom. The van der Waals surface area contributed by atoms with Crippen molar-refractivity contribution in [2.24, 2.45) is 5.92 Å². The van der Waals surface area contributed by atoms with E-state index < -0.39 is 11.7 Å². The third-order valence-electron chi connectivity index (χ3n) is 3.22. The number of rotatable bonds is 6. The van der Waals surface area contributed by atoms with Crippen molar-refractivity contribution in [2.45, 2.75) is 52.1 Å². The van der Waals surface area contributed by atoms with Crippen LogP contribution in [-0.4, -0.2) is 0 Å². The summed E-state index contributed by atoms with van der Waals surface area (Å²) in [6.07, 6.45) is 0.659. The first-order valence-corrected chi connectivity index (χ1v) is 6.85. The zero-order chi connectivity index (χ0) is 14.5. The minimum atomic E-state index is -4.26. The molecule has 0 heterocycles. The molecule has 0 saturated carbocycles. The molecule has 0 N–H and O–H groups in total. The van der Waals surface area contributed by atoms with Crippen LogP contribution in [0.25, 0.3) is 0 Å². The van der Waals surface area contributed by atoms with Crippen LogP contribution in [0.4, 0.5) is 13.2 Å². The van der Waals surface area contributed by atoms with Gasteiger partial charge in [-0.2, -0.15) is 13.2 Å². The molecule has 0 amide bonds. The minimum Gasteiger partial charge on any atom is -0.166 e. The van der Waals surface area contributed by atoms with Gasteiger partial charge in [0.15, 0.2) is 0 Å². The fourth-order valence-corrected chi connectivity index (χ4v) is 2.16. The molecular weight excluding hydrogens is 249 g/mol. The molecule has 1 aromatic carbocycles. The van der Waals surface area contributed by atoms with Crippen LogP contribution in [0.15, 0.2) is 24.3 Å². The zero-order valence-corrected chi connectivity index (χ0v) is 11.8. The van der Waals surface area contributed by atoms with Crippen molar-refractivity contribution in [3.05, 3.63) is 41.8 Å². The normalized spacial score (nSPS) is 13.8. The molecule has 1 radical (unpaired) electrons. The van der Waals surface area contributed by atoms with E-state index in [0.29, 0.717) is 5.92 Å². The lowest BCUT2D eigenvalue weighted by Gasteiger charge is -2.19. The smallest absolute Gasteiger partial charge is 0.166 e. The summed E-state index contributed by atoms with van der Waals surface area (Å²) in [5, 5.41) is 0. The van der Waals surface area contributed by atoms with Crippen LogP contribution in [0.3, 0.4) is 0 Å². The van der Waals surface area contributed by atoms with E-state index in [-0.39, 0.29) is 5.92 Å². The molecule has 0 aliphatic rings. The Hall–Kier alpha value is -0.990. The molecule has 0 bridgehead atoms. The lowest BCUT2D eigenvalue weighted by atomic mass is 9.87. The van der Waals surface area contributed by atoms with E-state index in [1.807, 2.05) is 6.92 Å². The molecule has 0 aromatic heterocycles. The van der Waals surface area contributed by atoms with Crippen LogP contribution in [0.2, 0.25) is 0 Å². The van der Waals surface area contributed by atoms with Gasteiger partial charge in [0, 0.05) is 0 Å². The average molecular weight is 271 g/mol. The second kappa shape index (κ2) is 6.97. The van der Waals surface area contributed by atoms with Gasteiger partial charge in [0.25, 0.3) is 0 Å². The molecule has 1 unspecified atom stereocenters. The van der Waals surface area contributed by atoms with Gasteiger partial charge in [-0.05, 0) is 36.3 Å². The summed E-state index contributed by atoms with van der Waals surface area (Å²) < 4.78 is 38.2. The lowest BCUT2D eigenvalue weighted by Crippen LogP contribution is -2.08. The molecule has 0 saturated heterocycles. The summed E-state index contributed by atoms with van der Waals surface area (Å²) in [5.74, 6) is 0.688. The molecule has 1 rings (SSSR count). The number of hydrogen-bond acceptors (Lipinski definition) is 0. The van der Waals surface area contributed by atoms with Crippen molar-refractivity contribution in [1.82, 2.24) is 0 Å². The predicted molar refractivity (Wildman–Crippen MR) is 72.8 cm³/mol. The number of hydrogen-bond donors (Lipinski definition) is 0. The topological polar surface area (TPSA) is 0 Å². The highest BCUT2D eigenvalue weighted by Crippen LogP contribution is 2.33. The Labute approximate surface area is 114 Å². The number of benzene rings is 1. The van der Waals surface area contributed by atoms with Crippen molar-refractivity contribution in [2.75, 3.05) is 0 Å². The van der Waals surface area contributed by atoms with Gasteiger partial charge in [-0.25, -0.2) is 0 Å². The van der Waals surface area contributed by atoms with Crippen molar-refractivity contribution >= 4 is 0 Å². The zero-order valence-electron chi connectivity index (χ0n) is 11.8. The fourth-order valence-electron chi connectivity index (χ4n) is 2.16. The fraction of sp³-hybridized carbons (Fsp3) is 0.562. The molecule has 1 aromatic rings. The molecule has 0 spiro atoms. The maximum atomic E-state index is 12.7. The predicted octanol–water partition coefficient (Wildman–Crippen LogP) is 5.84. The first-order chi connectivity index (χ1) is 8.84. The van der Waals surface area contributed by atoms with Gasteiger partial charge >= 0.3 is 6.18 Å². The van der Waals surface area contributed by atoms with Crippen LogP contribution in [-0.2, 0) is 6.18 Å². The van der Waals surface area contributed by atoms with E-state index in [2.05, 4.69) is 20.3 Å². The second-order valence-electron chi connectivity index (χ2n) is 5.34. The Bertz CT molecular complexity index is 380. The highest BCUT2D eigenvalue weighted by molar-refractivity contribution is 5.29. The summed E-state index contributed by atoms with van der Waals surface area (Å²) in [7, 11) is 0. The van der Waals surface area contributed by atoms with Crippen LogP contribution in [0.5, 0.6) is 0 Å². The van der Waals surface area contributed by atoms with Gasteiger partial charge in [0.05, 0.1) is 5.56 Å². The van der Waals surface area contributed by atoms with E-state index in [4.69, 9.17) is 0 Å². The highest BCUT2D eigenvalue weighted by Gasteiger charge is 2.30. The van der Waals surface area contributed by atoms with E-state index >= 15 is 0 Å². The third-order valence-corrected chi connectivity index (χ3v) is 3.22. The molecule has 0 fully saturated rings. The van der Waals surface area contributed by atoms with E-state index in [0.717, 1.165) is 30.9 Å². The first kappa shape index (κ1) is 16.1. The molecule has 0 aliphatic heterocycles. The quantitative estimate of drug-likeness (QED) is 0.609. The molecule has 19 heavy (non-hydrogen) atoms. The largest absolute Gasteiger partial charge is 0.416 e. The van der Waals surface area contributed by atoms with Crippen molar-refractivity contribution in [1.29, 1.82) is 0 Å². The molecule has 107 valence electrons. The van der Waals surface area contributed by atoms with Crippen molar-refractivity contribution < 1.29 is 13.2 Å².